The highest BCUT2D eigenvalue weighted by molar-refractivity contribution is 6.31. The summed E-state index contributed by atoms with van der Waals surface area (Å²) in [5.41, 5.74) is 1.99. The lowest BCUT2D eigenvalue weighted by Gasteiger charge is -2.28. The number of hydrogen-bond acceptors (Lipinski definition) is 4. The standard InChI is InChI=1S/C25H19Cl2FN2O4/c26-16-4-2-15(3-5-16)24-18(11-23(31)30(24)17-6-7-20(28)19(27)10-17)25(32)29-12-14-1-8-21-22(9-14)34-13-33-21/h1-10,18,24H,11-13H2,(H,29,32)/t18-,24+/m0/s1. The first-order valence-corrected chi connectivity index (χ1v) is 11.3. The van der Waals surface area contributed by atoms with E-state index in [2.05, 4.69) is 5.32 Å². The Hall–Kier alpha value is -3.29. The molecular weight excluding hydrogens is 482 g/mol. The molecule has 174 valence electrons. The van der Waals surface area contributed by atoms with Gasteiger partial charge in [-0.15, -0.1) is 0 Å². The zero-order chi connectivity index (χ0) is 23.8. The molecule has 0 saturated carbocycles. The van der Waals surface area contributed by atoms with Crippen molar-refractivity contribution in [2.45, 2.75) is 19.0 Å². The maximum Gasteiger partial charge on any atom is 0.231 e. The third-order valence-electron chi connectivity index (χ3n) is 5.96. The normalized spacial score (nSPS) is 18.9. The predicted octanol–water partition coefficient (Wildman–Crippen LogP) is 5.27. The second-order valence-electron chi connectivity index (χ2n) is 8.07. The van der Waals surface area contributed by atoms with Gasteiger partial charge in [-0.3, -0.25) is 9.59 Å². The molecule has 34 heavy (non-hydrogen) atoms. The van der Waals surface area contributed by atoms with Gasteiger partial charge < -0.3 is 19.7 Å². The smallest absolute Gasteiger partial charge is 0.231 e. The first-order chi connectivity index (χ1) is 16.4. The fraction of sp³-hybridized carbons (Fsp3) is 0.200. The molecule has 1 saturated heterocycles. The van der Waals surface area contributed by atoms with Crippen molar-refractivity contribution in [3.8, 4) is 11.5 Å². The number of anilines is 1. The molecule has 0 bridgehead atoms. The van der Waals surface area contributed by atoms with Crippen LogP contribution in [0.15, 0.2) is 60.7 Å². The number of halogens is 3. The van der Waals surface area contributed by atoms with E-state index in [0.29, 0.717) is 22.2 Å². The summed E-state index contributed by atoms with van der Waals surface area (Å²) < 4.78 is 24.5. The molecule has 3 aromatic rings. The molecule has 2 heterocycles. The lowest BCUT2D eigenvalue weighted by molar-refractivity contribution is -0.127. The van der Waals surface area contributed by atoms with Crippen LogP contribution in [-0.4, -0.2) is 18.6 Å². The Morgan fingerprint density at radius 3 is 2.56 bits per heavy atom. The van der Waals surface area contributed by atoms with Crippen molar-refractivity contribution in [2.75, 3.05) is 11.7 Å². The molecular formula is C25H19Cl2FN2O4. The summed E-state index contributed by atoms with van der Waals surface area (Å²) in [6, 6.07) is 15.9. The van der Waals surface area contributed by atoms with Gasteiger partial charge in [0, 0.05) is 23.7 Å². The Morgan fingerprint density at radius 1 is 1.03 bits per heavy atom. The van der Waals surface area contributed by atoms with Gasteiger partial charge in [-0.1, -0.05) is 41.4 Å². The van der Waals surface area contributed by atoms with Crippen LogP contribution >= 0.6 is 23.2 Å². The first kappa shape index (κ1) is 22.5. The molecule has 0 spiro atoms. The number of nitrogens with zero attached hydrogens (tertiary/aromatic N) is 1. The van der Waals surface area contributed by atoms with Crippen molar-refractivity contribution in [1.82, 2.24) is 5.32 Å². The summed E-state index contributed by atoms with van der Waals surface area (Å²) in [6.07, 6.45) is -0.00470. The molecule has 0 aliphatic carbocycles. The van der Waals surface area contributed by atoms with Crippen molar-refractivity contribution < 1.29 is 23.5 Å². The summed E-state index contributed by atoms with van der Waals surface area (Å²) in [6.45, 7) is 0.428. The average Bonchev–Trinajstić information content (AvgIpc) is 3.43. The largest absolute Gasteiger partial charge is 0.454 e. The molecule has 2 atom stereocenters. The van der Waals surface area contributed by atoms with Gasteiger partial charge in [0.25, 0.3) is 0 Å². The molecule has 3 aromatic carbocycles. The third-order valence-corrected chi connectivity index (χ3v) is 6.50. The number of fused-ring (bicyclic) bond motifs is 1. The van der Waals surface area contributed by atoms with Crippen LogP contribution in [0.4, 0.5) is 10.1 Å². The molecule has 0 aromatic heterocycles. The van der Waals surface area contributed by atoms with Gasteiger partial charge in [0.2, 0.25) is 18.6 Å². The zero-order valence-corrected chi connectivity index (χ0v) is 19.3. The molecule has 1 fully saturated rings. The highest BCUT2D eigenvalue weighted by Crippen LogP contribution is 2.42. The Balaban J connectivity index is 1.42. The molecule has 6 nitrogen and oxygen atoms in total. The number of hydrogen-bond donors (Lipinski definition) is 1. The van der Waals surface area contributed by atoms with Gasteiger partial charge in [-0.05, 0) is 53.6 Å². The lowest BCUT2D eigenvalue weighted by atomic mass is 9.92. The van der Waals surface area contributed by atoms with E-state index < -0.39 is 17.8 Å². The summed E-state index contributed by atoms with van der Waals surface area (Å²) in [7, 11) is 0. The third kappa shape index (κ3) is 4.29. The summed E-state index contributed by atoms with van der Waals surface area (Å²) >= 11 is 12.0. The van der Waals surface area contributed by atoms with E-state index in [0.717, 1.165) is 11.1 Å². The maximum absolute atomic E-state index is 13.8. The zero-order valence-electron chi connectivity index (χ0n) is 17.8. The minimum Gasteiger partial charge on any atom is -0.454 e. The Kier molecular flexibility index (Phi) is 6.06. The number of carbonyl (C=O) groups excluding carboxylic acids is 2. The van der Waals surface area contributed by atoms with E-state index in [1.54, 1.807) is 30.3 Å². The summed E-state index contributed by atoms with van der Waals surface area (Å²) in [4.78, 5) is 27.9. The number of nitrogens with one attached hydrogen (secondary N) is 1. The van der Waals surface area contributed by atoms with Gasteiger partial charge >= 0.3 is 0 Å². The average molecular weight is 501 g/mol. The van der Waals surface area contributed by atoms with Crippen LogP contribution in [0.2, 0.25) is 10.0 Å². The van der Waals surface area contributed by atoms with Gasteiger partial charge in [-0.2, -0.15) is 0 Å². The lowest BCUT2D eigenvalue weighted by Crippen LogP contribution is -2.35. The van der Waals surface area contributed by atoms with Gasteiger partial charge in [0.05, 0.1) is 17.0 Å². The second-order valence-corrected chi connectivity index (χ2v) is 8.92. The molecule has 5 rings (SSSR count). The van der Waals surface area contributed by atoms with E-state index in [9.17, 15) is 14.0 Å². The summed E-state index contributed by atoms with van der Waals surface area (Å²) in [5.74, 6) is -0.508. The van der Waals surface area contributed by atoms with Gasteiger partial charge in [0.15, 0.2) is 11.5 Å². The highest BCUT2D eigenvalue weighted by Gasteiger charge is 2.45. The number of carbonyl (C=O) groups is 2. The number of amides is 2. The fourth-order valence-corrected chi connectivity index (χ4v) is 4.62. The van der Waals surface area contributed by atoms with Crippen molar-refractivity contribution in [3.05, 3.63) is 87.7 Å². The fourth-order valence-electron chi connectivity index (χ4n) is 4.32. The van der Waals surface area contributed by atoms with E-state index in [-0.39, 0.29) is 36.6 Å². The predicted molar refractivity (Wildman–Crippen MR) is 126 cm³/mol. The number of benzene rings is 3. The van der Waals surface area contributed by atoms with Crippen LogP contribution in [0.3, 0.4) is 0 Å². The molecule has 2 aliphatic heterocycles. The minimum atomic E-state index is -0.675. The van der Waals surface area contributed by atoms with Crippen LogP contribution in [-0.2, 0) is 16.1 Å². The van der Waals surface area contributed by atoms with Gasteiger partial charge in [0.1, 0.15) is 5.82 Å². The van der Waals surface area contributed by atoms with E-state index in [1.807, 2.05) is 12.1 Å². The SMILES string of the molecule is O=C(NCc1ccc2c(c1)OCO2)[C@H]1CC(=O)N(c2ccc(F)c(Cl)c2)[C@@H]1c1ccc(Cl)cc1. The van der Waals surface area contributed by atoms with E-state index in [1.165, 1.54) is 23.1 Å². The van der Waals surface area contributed by atoms with Crippen molar-refractivity contribution >= 4 is 40.7 Å². The van der Waals surface area contributed by atoms with Crippen LogP contribution in [0.5, 0.6) is 11.5 Å². The second kappa shape index (κ2) is 9.16. The van der Waals surface area contributed by atoms with Crippen molar-refractivity contribution in [1.29, 1.82) is 0 Å². The van der Waals surface area contributed by atoms with Crippen molar-refractivity contribution in [2.24, 2.45) is 5.92 Å². The Morgan fingerprint density at radius 2 is 1.79 bits per heavy atom. The molecule has 0 unspecified atom stereocenters. The summed E-state index contributed by atoms with van der Waals surface area (Å²) in [5, 5.41) is 3.36. The van der Waals surface area contributed by atoms with Crippen LogP contribution in [0, 0.1) is 11.7 Å². The first-order valence-electron chi connectivity index (χ1n) is 10.6. The van der Waals surface area contributed by atoms with E-state index >= 15 is 0 Å². The van der Waals surface area contributed by atoms with Crippen LogP contribution in [0.1, 0.15) is 23.6 Å². The molecule has 2 amide bonds. The molecule has 1 N–H and O–H groups in total. The Bertz CT molecular complexity index is 1270. The van der Waals surface area contributed by atoms with Crippen LogP contribution < -0.4 is 19.7 Å². The molecule has 9 heteroatoms. The van der Waals surface area contributed by atoms with Crippen molar-refractivity contribution in [3.63, 3.8) is 0 Å². The Labute approximate surface area is 205 Å². The quantitative estimate of drug-likeness (QED) is 0.517. The minimum absolute atomic E-state index is 0.00470. The van der Waals surface area contributed by atoms with Gasteiger partial charge in [-0.25, -0.2) is 4.39 Å². The van der Waals surface area contributed by atoms with Crippen LogP contribution in [0.25, 0.3) is 0 Å². The monoisotopic (exact) mass is 500 g/mol. The van der Waals surface area contributed by atoms with E-state index in [4.69, 9.17) is 32.7 Å². The number of ether oxygens (including phenoxy) is 2. The highest BCUT2D eigenvalue weighted by atomic mass is 35.5. The topological polar surface area (TPSA) is 67.9 Å². The molecule has 0 radical (unpaired) electrons. The number of rotatable bonds is 5. The maximum atomic E-state index is 13.8. The molecule has 2 aliphatic rings.